The van der Waals surface area contributed by atoms with E-state index in [1.54, 1.807) is 54.6 Å². The second-order valence-corrected chi connectivity index (χ2v) is 10.5. The number of nitrogens with zero attached hydrogens (tertiary/aromatic N) is 3. The van der Waals surface area contributed by atoms with Gasteiger partial charge in [0, 0.05) is 32.0 Å². The Kier molecular flexibility index (Phi) is 8.71. The smallest absolute Gasteiger partial charge is 0.299 e. The molecule has 1 atom stereocenters. The number of Topliss-reactive ketones (excluding diaryl/α,β-unsaturated/α-hetero) is 1. The molecule has 5 rings (SSSR count). The molecule has 4 aromatic carbocycles. The molecule has 9 nitrogen and oxygen atoms in total. The summed E-state index contributed by atoms with van der Waals surface area (Å²) in [6.07, 6.45) is 0. The highest BCUT2D eigenvalue weighted by atomic mass is 19.1. The maximum atomic E-state index is 14.2. The molecule has 44 heavy (non-hydrogen) atoms. The number of carbonyl (C=O) groups is 4. The van der Waals surface area contributed by atoms with Crippen molar-refractivity contribution in [2.45, 2.75) is 12.6 Å². The van der Waals surface area contributed by atoms with Crippen LogP contribution in [0.4, 0.5) is 21.5 Å². The number of fused-ring (bicyclic) bond motifs is 1. The van der Waals surface area contributed by atoms with Gasteiger partial charge in [-0.1, -0.05) is 36.4 Å². The van der Waals surface area contributed by atoms with E-state index in [0.717, 1.165) is 10.6 Å². The van der Waals surface area contributed by atoms with Crippen LogP contribution >= 0.6 is 0 Å². The number of carbonyl (C=O) groups excluding carboxylic acids is 4. The number of halogens is 1. The number of ether oxygens (including phenoxy) is 1. The molecule has 224 valence electrons. The normalized spacial score (nSPS) is 12.9. The fraction of sp³-hybridized carbons (Fsp3) is 0.176. The van der Waals surface area contributed by atoms with Crippen molar-refractivity contribution in [3.05, 3.63) is 120 Å². The van der Waals surface area contributed by atoms with Crippen molar-refractivity contribution in [2.75, 3.05) is 42.9 Å². The van der Waals surface area contributed by atoms with E-state index >= 15 is 0 Å². The number of benzene rings is 4. The van der Waals surface area contributed by atoms with Crippen LogP contribution in [0.25, 0.3) is 0 Å². The van der Waals surface area contributed by atoms with Crippen molar-refractivity contribution >= 4 is 40.6 Å². The maximum absolute atomic E-state index is 14.2. The molecule has 0 radical (unpaired) electrons. The van der Waals surface area contributed by atoms with E-state index < -0.39 is 41.9 Å². The fourth-order valence-electron chi connectivity index (χ4n) is 5.05. The van der Waals surface area contributed by atoms with Gasteiger partial charge in [0.05, 0.1) is 18.4 Å². The van der Waals surface area contributed by atoms with Crippen molar-refractivity contribution in [1.29, 1.82) is 0 Å². The molecule has 0 unspecified atom stereocenters. The maximum Gasteiger partial charge on any atom is 0.299 e. The van der Waals surface area contributed by atoms with Gasteiger partial charge in [-0.3, -0.25) is 24.1 Å². The van der Waals surface area contributed by atoms with Crippen LogP contribution in [0.2, 0.25) is 0 Å². The first-order valence-electron chi connectivity index (χ1n) is 13.9. The van der Waals surface area contributed by atoms with Crippen LogP contribution in [-0.4, -0.2) is 56.2 Å². The Morgan fingerprint density at radius 2 is 1.55 bits per heavy atom. The number of ketones is 1. The lowest BCUT2D eigenvalue weighted by Gasteiger charge is -2.33. The van der Waals surface area contributed by atoms with Crippen molar-refractivity contribution in [2.24, 2.45) is 0 Å². The van der Waals surface area contributed by atoms with Crippen LogP contribution in [0.1, 0.15) is 27.5 Å². The number of hydrogen-bond donors (Lipinski definition) is 1. The van der Waals surface area contributed by atoms with Crippen molar-refractivity contribution in [1.82, 2.24) is 4.90 Å². The first kappa shape index (κ1) is 30.0. The average Bonchev–Trinajstić information content (AvgIpc) is 3.27. The van der Waals surface area contributed by atoms with Crippen LogP contribution in [0.3, 0.4) is 0 Å². The third-order valence-corrected chi connectivity index (χ3v) is 7.40. The minimum absolute atomic E-state index is 0.0323. The Labute approximate surface area is 254 Å². The van der Waals surface area contributed by atoms with E-state index in [2.05, 4.69) is 5.32 Å². The van der Waals surface area contributed by atoms with Gasteiger partial charge < -0.3 is 19.9 Å². The SMILES string of the molecule is COc1ccc(CN(C(=O)CN2C(=O)C(=O)c3ccccc32)[C@H](C(=O)Nc2ccc(N(C)C)cc2)c2ccc(F)cc2)cc1. The molecule has 1 aliphatic heterocycles. The van der Waals surface area contributed by atoms with E-state index in [4.69, 9.17) is 4.74 Å². The lowest BCUT2D eigenvalue weighted by molar-refractivity contribution is -0.139. The van der Waals surface area contributed by atoms with Gasteiger partial charge in [-0.2, -0.15) is 0 Å². The third kappa shape index (κ3) is 6.29. The van der Waals surface area contributed by atoms with Crippen LogP contribution < -0.4 is 19.9 Å². The van der Waals surface area contributed by atoms with E-state index in [1.165, 1.54) is 42.3 Å². The summed E-state index contributed by atoms with van der Waals surface area (Å²) in [5.74, 6) is -2.56. The molecule has 0 saturated carbocycles. The summed E-state index contributed by atoms with van der Waals surface area (Å²) in [5.41, 5.74) is 3.00. The molecular weight excluding hydrogens is 563 g/mol. The molecule has 0 spiro atoms. The highest BCUT2D eigenvalue weighted by Crippen LogP contribution is 2.31. The molecule has 0 fully saturated rings. The van der Waals surface area contributed by atoms with E-state index in [9.17, 15) is 23.6 Å². The van der Waals surface area contributed by atoms with Crippen molar-refractivity contribution < 1.29 is 28.3 Å². The van der Waals surface area contributed by atoms with Gasteiger partial charge in [0.25, 0.3) is 17.6 Å². The van der Waals surface area contributed by atoms with Crippen molar-refractivity contribution in [3.8, 4) is 5.75 Å². The van der Waals surface area contributed by atoms with Gasteiger partial charge >= 0.3 is 0 Å². The Balaban J connectivity index is 1.53. The van der Waals surface area contributed by atoms with Gasteiger partial charge in [0.15, 0.2) is 0 Å². The quantitative estimate of drug-likeness (QED) is 0.264. The fourth-order valence-corrected chi connectivity index (χ4v) is 5.05. The van der Waals surface area contributed by atoms with E-state index in [0.29, 0.717) is 28.3 Å². The number of nitrogens with one attached hydrogen (secondary N) is 1. The molecule has 3 amide bonds. The summed E-state index contributed by atoms with van der Waals surface area (Å²) in [7, 11) is 5.34. The predicted octanol–water partition coefficient (Wildman–Crippen LogP) is 4.84. The van der Waals surface area contributed by atoms with E-state index in [1.807, 2.05) is 31.1 Å². The first-order chi connectivity index (χ1) is 21.2. The largest absolute Gasteiger partial charge is 0.497 e. The number of anilines is 3. The lowest BCUT2D eigenvalue weighted by Crippen LogP contribution is -2.46. The van der Waals surface area contributed by atoms with E-state index in [-0.39, 0.29) is 12.1 Å². The molecule has 4 aromatic rings. The summed E-state index contributed by atoms with van der Waals surface area (Å²) in [6.45, 7) is -0.518. The van der Waals surface area contributed by atoms with Gasteiger partial charge in [-0.15, -0.1) is 0 Å². The Bertz CT molecular complexity index is 1690. The standard InChI is InChI=1S/C34H31FN4O5/c1-37(2)26-16-14-25(15-17-26)36-33(42)31(23-10-12-24(35)13-11-23)39(20-22-8-18-27(44-3)19-9-22)30(40)21-38-29-7-5-4-6-28(29)32(41)34(38)43/h4-19,31H,20-21H2,1-3H3,(H,36,42)/t31-/m0/s1. The molecule has 0 bridgehead atoms. The summed E-state index contributed by atoms with van der Waals surface area (Å²) in [5, 5.41) is 2.89. The Morgan fingerprint density at radius 1 is 0.886 bits per heavy atom. The average molecular weight is 595 g/mol. The highest BCUT2D eigenvalue weighted by Gasteiger charge is 2.39. The highest BCUT2D eigenvalue weighted by molar-refractivity contribution is 6.52. The van der Waals surface area contributed by atoms with Crippen LogP contribution in [0, 0.1) is 5.82 Å². The number of methoxy groups -OCH3 is 1. The molecule has 0 aliphatic carbocycles. The molecule has 1 heterocycles. The van der Waals surface area contributed by atoms with Crippen molar-refractivity contribution in [3.63, 3.8) is 0 Å². The van der Waals surface area contributed by atoms with Gasteiger partial charge in [0.1, 0.15) is 24.2 Å². The molecule has 0 aromatic heterocycles. The Hall–Kier alpha value is -5.51. The molecule has 0 saturated heterocycles. The van der Waals surface area contributed by atoms with Gasteiger partial charge in [-0.25, -0.2) is 4.39 Å². The van der Waals surface area contributed by atoms with Crippen LogP contribution in [-0.2, 0) is 20.9 Å². The zero-order valence-electron chi connectivity index (χ0n) is 24.5. The summed E-state index contributed by atoms with van der Waals surface area (Å²) in [6, 6.07) is 24.7. The predicted molar refractivity (Wildman–Crippen MR) is 165 cm³/mol. The molecular formula is C34H31FN4O5. The van der Waals surface area contributed by atoms with Crippen LogP contribution in [0.5, 0.6) is 5.75 Å². The first-order valence-corrected chi connectivity index (χ1v) is 13.9. The lowest BCUT2D eigenvalue weighted by atomic mass is 10.0. The Morgan fingerprint density at radius 3 is 2.18 bits per heavy atom. The third-order valence-electron chi connectivity index (χ3n) is 7.40. The number of amides is 3. The second kappa shape index (κ2) is 12.8. The monoisotopic (exact) mass is 594 g/mol. The summed E-state index contributed by atoms with van der Waals surface area (Å²) >= 11 is 0. The summed E-state index contributed by atoms with van der Waals surface area (Å²) < 4.78 is 19.3. The molecule has 1 aliphatic rings. The molecule has 10 heteroatoms. The zero-order valence-corrected chi connectivity index (χ0v) is 24.5. The summed E-state index contributed by atoms with van der Waals surface area (Å²) in [4.78, 5) is 58.2. The van der Waals surface area contributed by atoms with Gasteiger partial charge in [-0.05, 0) is 71.8 Å². The topological polar surface area (TPSA) is 99.3 Å². The minimum atomic E-state index is -1.22. The second-order valence-electron chi connectivity index (χ2n) is 10.5. The number of para-hydroxylation sites is 1. The zero-order chi connectivity index (χ0) is 31.4. The molecule has 1 N–H and O–H groups in total. The number of hydrogen-bond acceptors (Lipinski definition) is 6. The number of rotatable bonds is 10. The van der Waals surface area contributed by atoms with Gasteiger partial charge in [0.2, 0.25) is 5.91 Å². The van der Waals surface area contributed by atoms with Crippen LogP contribution in [0.15, 0.2) is 97.1 Å². The minimum Gasteiger partial charge on any atom is -0.497 e.